The first kappa shape index (κ1) is 18.2. The van der Waals surface area contributed by atoms with Gasteiger partial charge in [-0.05, 0) is 50.2 Å². The molecule has 0 radical (unpaired) electrons. The van der Waals surface area contributed by atoms with Gasteiger partial charge in [-0.2, -0.15) is 0 Å². The number of esters is 1. The van der Waals surface area contributed by atoms with E-state index in [1.165, 1.54) is 6.26 Å². The van der Waals surface area contributed by atoms with Crippen LogP contribution in [0.1, 0.15) is 36.0 Å². The quantitative estimate of drug-likeness (QED) is 0.702. The first-order valence-corrected chi connectivity index (χ1v) is 8.39. The SMILES string of the molecule is CCOC(=O)c1ccc(NC(=O)C2=C(C)NC(=O)NC2c2ccco2)cc1. The van der Waals surface area contributed by atoms with E-state index in [2.05, 4.69) is 16.0 Å². The highest BCUT2D eigenvalue weighted by Gasteiger charge is 2.32. The Kier molecular flexibility index (Phi) is 5.25. The van der Waals surface area contributed by atoms with Gasteiger partial charge in [-0.25, -0.2) is 9.59 Å². The Bertz CT molecular complexity index is 885. The van der Waals surface area contributed by atoms with E-state index in [-0.39, 0.29) is 6.61 Å². The fourth-order valence-electron chi connectivity index (χ4n) is 2.77. The second kappa shape index (κ2) is 7.77. The summed E-state index contributed by atoms with van der Waals surface area (Å²) >= 11 is 0. The van der Waals surface area contributed by atoms with E-state index in [0.29, 0.717) is 28.3 Å². The van der Waals surface area contributed by atoms with E-state index >= 15 is 0 Å². The lowest BCUT2D eigenvalue weighted by Crippen LogP contribution is -2.45. The van der Waals surface area contributed by atoms with Gasteiger partial charge in [0.1, 0.15) is 11.8 Å². The molecule has 3 amide bonds. The fraction of sp³-hybridized carbons (Fsp3) is 0.211. The van der Waals surface area contributed by atoms with Gasteiger partial charge in [0.2, 0.25) is 0 Å². The summed E-state index contributed by atoms with van der Waals surface area (Å²) in [4.78, 5) is 36.3. The number of allylic oxidation sites excluding steroid dienone is 1. The van der Waals surface area contributed by atoms with Crippen molar-refractivity contribution < 1.29 is 23.5 Å². The number of urea groups is 1. The van der Waals surface area contributed by atoms with Crippen molar-refractivity contribution in [1.29, 1.82) is 0 Å². The van der Waals surface area contributed by atoms with Crippen molar-refractivity contribution in [3.63, 3.8) is 0 Å². The van der Waals surface area contributed by atoms with Crippen molar-refractivity contribution in [2.45, 2.75) is 19.9 Å². The predicted molar refractivity (Wildman–Crippen MR) is 96.8 cm³/mol. The molecule has 0 spiro atoms. The molecule has 27 heavy (non-hydrogen) atoms. The van der Waals surface area contributed by atoms with Crippen LogP contribution in [0.5, 0.6) is 0 Å². The zero-order valence-electron chi connectivity index (χ0n) is 14.9. The van der Waals surface area contributed by atoms with Crippen LogP contribution in [0.15, 0.2) is 58.3 Å². The van der Waals surface area contributed by atoms with E-state index in [1.807, 2.05) is 0 Å². The number of carbonyl (C=O) groups is 3. The third-order valence-electron chi connectivity index (χ3n) is 4.00. The Morgan fingerprint density at radius 1 is 1.22 bits per heavy atom. The van der Waals surface area contributed by atoms with Crippen LogP contribution in [0.2, 0.25) is 0 Å². The molecule has 3 rings (SSSR count). The van der Waals surface area contributed by atoms with Gasteiger partial charge in [0.25, 0.3) is 5.91 Å². The molecule has 3 N–H and O–H groups in total. The lowest BCUT2D eigenvalue weighted by atomic mass is 9.99. The number of rotatable bonds is 5. The molecule has 2 aromatic rings. The minimum atomic E-state index is -0.701. The highest BCUT2D eigenvalue weighted by molar-refractivity contribution is 6.06. The van der Waals surface area contributed by atoms with Crippen molar-refractivity contribution in [1.82, 2.24) is 10.6 Å². The number of nitrogens with one attached hydrogen (secondary N) is 3. The van der Waals surface area contributed by atoms with Crippen molar-refractivity contribution in [2.24, 2.45) is 0 Å². The van der Waals surface area contributed by atoms with E-state index in [4.69, 9.17) is 9.15 Å². The summed E-state index contributed by atoms with van der Waals surface area (Å²) in [7, 11) is 0. The number of ether oxygens (including phenoxy) is 1. The number of benzene rings is 1. The summed E-state index contributed by atoms with van der Waals surface area (Å²) in [5.41, 5.74) is 1.66. The van der Waals surface area contributed by atoms with Crippen LogP contribution in [0, 0.1) is 0 Å². The van der Waals surface area contributed by atoms with E-state index < -0.39 is 23.9 Å². The molecule has 2 heterocycles. The summed E-state index contributed by atoms with van der Waals surface area (Å²) < 4.78 is 10.3. The Hall–Kier alpha value is -3.55. The van der Waals surface area contributed by atoms with Gasteiger partial charge >= 0.3 is 12.0 Å². The van der Waals surface area contributed by atoms with Crippen molar-refractivity contribution in [3.8, 4) is 0 Å². The van der Waals surface area contributed by atoms with Gasteiger partial charge < -0.3 is 25.1 Å². The smallest absolute Gasteiger partial charge is 0.338 e. The standard InChI is InChI=1S/C19H19N3O5/c1-3-26-18(24)12-6-8-13(9-7-12)21-17(23)15-11(2)20-19(25)22-16(15)14-5-4-10-27-14/h4-10,16H,3H2,1-2H3,(H,21,23)(H2,20,22,25). The minimum absolute atomic E-state index is 0.289. The molecule has 0 aliphatic carbocycles. The lowest BCUT2D eigenvalue weighted by molar-refractivity contribution is -0.113. The molecule has 8 nitrogen and oxygen atoms in total. The normalized spacial score (nSPS) is 16.4. The first-order valence-electron chi connectivity index (χ1n) is 8.39. The van der Waals surface area contributed by atoms with Crippen LogP contribution < -0.4 is 16.0 Å². The molecule has 1 aromatic carbocycles. The molecular formula is C19H19N3O5. The Morgan fingerprint density at radius 2 is 1.96 bits per heavy atom. The maximum Gasteiger partial charge on any atom is 0.338 e. The third-order valence-corrected chi connectivity index (χ3v) is 4.00. The van der Waals surface area contributed by atoms with Crippen molar-refractivity contribution in [2.75, 3.05) is 11.9 Å². The molecule has 8 heteroatoms. The summed E-state index contributed by atoms with van der Waals surface area (Å²) in [6.45, 7) is 3.67. The monoisotopic (exact) mass is 369 g/mol. The molecule has 1 unspecified atom stereocenters. The summed E-state index contributed by atoms with van der Waals surface area (Å²) in [6, 6.07) is 8.61. The second-order valence-corrected chi connectivity index (χ2v) is 5.84. The van der Waals surface area contributed by atoms with Gasteiger partial charge in [0, 0.05) is 11.4 Å². The molecule has 1 aliphatic heterocycles. The molecule has 0 saturated carbocycles. The molecular weight excluding hydrogens is 350 g/mol. The zero-order chi connectivity index (χ0) is 19.4. The van der Waals surface area contributed by atoms with Crippen LogP contribution in [-0.2, 0) is 9.53 Å². The van der Waals surface area contributed by atoms with Crippen LogP contribution in [0.3, 0.4) is 0 Å². The molecule has 0 saturated heterocycles. The largest absolute Gasteiger partial charge is 0.467 e. The molecule has 1 atom stereocenters. The molecule has 0 fully saturated rings. The first-order chi connectivity index (χ1) is 13.0. The van der Waals surface area contributed by atoms with E-state index in [9.17, 15) is 14.4 Å². The highest BCUT2D eigenvalue weighted by atomic mass is 16.5. The lowest BCUT2D eigenvalue weighted by Gasteiger charge is -2.27. The maximum atomic E-state index is 12.8. The van der Waals surface area contributed by atoms with Crippen molar-refractivity contribution in [3.05, 3.63) is 65.3 Å². The van der Waals surface area contributed by atoms with Crippen LogP contribution in [0.25, 0.3) is 0 Å². The predicted octanol–water partition coefficient (Wildman–Crippen LogP) is 2.72. The van der Waals surface area contributed by atoms with Crippen LogP contribution in [0.4, 0.5) is 10.5 Å². The van der Waals surface area contributed by atoms with Crippen LogP contribution in [-0.4, -0.2) is 24.5 Å². The van der Waals surface area contributed by atoms with Crippen LogP contribution >= 0.6 is 0 Å². The second-order valence-electron chi connectivity index (χ2n) is 5.84. The number of anilines is 1. The molecule has 140 valence electrons. The molecule has 0 bridgehead atoms. The Balaban J connectivity index is 1.80. The maximum absolute atomic E-state index is 12.8. The van der Waals surface area contributed by atoms with Gasteiger partial charge in [-0.15, -0.1) is 0 Å². The van der Waals surface area contributed by atoms with Gasteiger partial charge in [-0.3, -0.25) is 4.79 Å². The average Bonchev–Trinajstić information content (AvgIpc) is 3.16. The van der Waals surface area contributed by atoms with Gasteiger partial charge in [-0.1, -0.05) is 0 Å². The number of hydrogen-bond acceptors (Lipinski definition) is 5. The number of amides is 3. The fourth-order valence-corrected chi connectivity index (χ4v) is 2.77. The minimum Gasteiger partial charge on any atom is -0.467 e. The highest BCUT2D eigenvalue weighted by Crippen LogP contribution is 2.28. The average molecular weight is 369 g/mol. The number of furan rings is 1. The summed E-state index contributed by atoms with van der Waals surface area (Å²) in [5.74, 6) is -0.372. The van der Waals surface area contributed by atoms with Crippen molar-refractivity contribution >= 4 is 23.6 Å². The van der Waals surface area contributed by atoms with Gasteiger partial charge in [0.05, 0.1) is 24.0 Å². The van der Waals surface area contributed by atoms with E-state index in [0.717, 1.165) is 0 Å². The Labute approximate surface area is 155 Å². The molecule has 1 aliphatic rings. The Morgan fingerprint density at radius 3 is 2.59 bits per heavy atom. The third kappa shape index (κ3) is 4.00. The van der Waals surface area contributed by atoms with Gasteiger partial charge in [0.15, 0.2) is 0 Å². The number of carbonyl (C=O) groups excluding carboxylic acids is 3. The number of hydrogen-bond donors (Lipinski definition) is 3. The molecule has 1 aromatic heterocycles. The summed E-state index contributed by atoms with van der Waals surface area (Å²) in [5, 5.41) is 8.04. The summed E-state index contributed by atoms with van der Waals surface area (Å²) in [6.07, 6.45) is 1.47. The topological polar surface area (TPSA) is 110 Å². The van der Waals surface area contributed by atoms with E-state index in [1.54, 1.807) is 50.2 Å². The zero-order valence-corrected chi connectivity index (χ0v) is 14.9.